The minimum absolute atomic E-state index is 0.0357. The van der Waals surface area contributed by atoms with Crippen molar-refractivity contribution in [2.75, 3.05) is 0 Å². The van der Waals surface area contributed by atoms with E-state index in [9.17, 15) is 16.8 Å². The third-order valence-electron chi connectivity index (χ3n) is 6.01. The minimum atomic E-state index is -3.93. The monoisotopic (exact) mass is 406 g/mol. The van der Waals surface area contributed by atoms with E-state index in [1.807, 2.05) is 48.5 Å². The molecule has 4 nitrogen and oxygen atoms in total. The summed E-state index contributed by atoms with van der Waals surface area (Å²) in [6, 6.07) is 21.1. The molecule has 0 unspecified atom stereocenters. The summed E-state index contributed by atoms with van der Waals surface area (Å²) in [4.78, 5) is -0.158. The molecule has 1 heterocycles. The predicted octanol–water partition coefficient (Wildman–Crippen LogP) is 3.75. The fourth-order valence-electron chi connectivity index (χ4n) is 4.96. The van der Waals surface area contributed by atoms with Crippen LogP contribution in [0.5, 0.6) is 0 Å². The molecule has 3 aliphatic carbocycles. The van der Waals surface area contributed by atoms with Crippen LogP contribution >= 0.6 is 0 Å². The van der Waals surface area contributed by atoms with Gasteiger partial charge in [0.25, 0.3) is 0 Å². The van der Waals surface area contributed by atoms with E-state index in [-0.39, 0.29) is 19.6 Å². The van der Waals surface area contributed by atoms with Gasteiger partial charge in [0, 0.05) is 11.8 Å². The van der Waals surface area contributed by atoms with E-state index >= 15 is 0 Å². The Hall–Kier alpha value is -2.70. The van der Waals surface area contributed by atoms with Crippen LogP contribution in [0.4, 0.5) is 0 Å². The molecule has 2 bridgehead atoms. The molecule has 4 aliphatic rings. The van der Waals surface area contributed by atoms with Crippen LogP contribution in [0.3, 0.4) is 0 Å². The van der Waals surface area contributed by atoms with Crippen molar-refractivity contribution in [2.24, 2.45) is 0 Å². The number of sulfone groups is 2. The van der Waals surface area contributed by atoms with E-state index in [1.54, 1.807) is 12.1 Å². The molecule has 7 rings (SSSR count). The SMILES string of the molecule is O=S1(=O)C2=C(C3c4ccccc4C2c2ccccc23)S(=O)(=O)c2ccccc21. The maximum absolute atomic E-state index is 13.6. The highest BCUT2D eigenvalue weighted by molar-refractivity contribution is 8.01. The fraction of sp³-hybridized carbons (Fsp3) is 0.0909. The third-order valence-corrected chi connectivity index (χ3v) is 10.2. The van der Waals surface area contributed by atoms with E-state index < -0.39 is 31.5 Å². The third kappa shape index (κ3) is 1.71. The highest BCUT2D eigenvalue weighted by Crippen LogP contribution is 2.61. The Bertz CT molecular complexity index is 1290. The summed E-state index contributed by atoms with van der Waals surface area (Å²) >= 11 is 0. The summed E-state index contributed by atoms with van der Waals surface area (Å²) in [6.45, 7) is 0. The first-order valence-corrected chi connectivity index (χ1v) is 11.9. The van der Waals surface area contributed by atoms with Gasteiger partial charge in [-0.3, -0.25) is 0 Å². The van der Waals surface area contributed by atoms with Gasteiger partial charge in [-0.2, -0.15) is 0 Å². The molecule has 3 aromatic carbocycles. The number of hydrogen-bond acceptors (Lipinski definition) is 4. The summed E-state index contributed by atoms with van der Waals surface area (Å²) in [7, 11) is -7.86. The zero-order chi connectivity index (χ0) is 19.3. The summed E-state index contributed by atoms with van der Waals surface area (Å²) in [5.41, 5.74) is 3.51. The van der Waals surface area contributed by atoms with Crippen LogP contribution in [0, 0.1) is 0 Å². The summed E-state index contributed by atoms with van der Waals surface area (Å²) in [5.74, 6) is -1.19. The van der Waals surface area contributed by atoms with Gasteiger partial charge >= 0.3 is 0 Å². The molecule has 0 fully saturated rings. The average Bonchev–Trinajstić information content (AvgIpc) is 2.72. The highest BCUT2D eigenvalue weighted by atomic mass is 32.2. The Balaban J connectivity index is 1.83. The molecule has 0 amide bonds. The fourth-order valence-corrected chi connectivity index (χ4v) is 9.83. The van der Waals surface area contributed by atoms with Crippen molar-refractivity contribution in [3.63, 3.8) is 0 Å². The summed E-state index contributed by atoms with van der Waals surface area (Å²) < 4.78 is 54.5. The molecule has 1 aliphatic heterocycles. The van der Waals surface area contributed by atoms with Crippen molar-refractivity contribution in [3.05, 3.63) is 105 Å². The number of fused-ring (bicyclic) bond motifs is 1. The topological polar surface area (TPSA) is 68.3 Å². The second-order valence-corrected chi connectivity index (χ2v) is 11.1. The summed E-state index contributed by atoms with van der Waals surface area (Å²) in [5, 5.41) is 0. The molecule has 6 heteroatoms. The number of allylic oxidation sites excluding steroid dienone is 2. The predicted molar refractivity (Wildman–Crippen MR) is 104 cm³/mol. The highest BCUT2D eigenvalue weighted by Gasteiger charge is 2.54. The lowest BCUT2D eigenvalue weighted by molar-refractivity contribution is 0.574. The smallest absolute Gasteiger partial charge is 0.206 e. The molecule has 28 heavy (non-hydrogen) atoms. The van der Waals surface area contributed by atoms with E-state index in [0.717, 1.165) is 22.3 Å². The molecule has 0 aromatic heterocycles. The van der Waals surface area contributed by atoms with Gasteiger partial charge in [-0.1, -0.05) is 60.7 Å². The second-order valence-electron chi connectivity index (χ2n) is 7.31. The second kappa shape index (κ2) is 5.01. The number of hydrogen-bond donors (Lipinski definition) is 0. The molecule has 3 aromatic rings. The van der Waals surface area contributed by atoms with Gasteiger partial charge in [-0.25, -0.2) is 16.8 Å². The molecule has 0 atom stereocenters. The van der Waals surface area contributed by atoms with Gasteiger partial charge in [0.15, 0.2) is 0 Å². The lowest BCUT2D eigenvalue weighted by Crippen LogP contribution is -2.37. The van der Waals surface area contributed by atoms with Crippen LogP contribution in [-0.2, 0) is 19.7 Å². The first-order chi connectivity index (χ1) is 13.4. The lowest BCUT2D eigenvalue weighted by atomic mass is 9.67. The van der Waals surface area contributed by atoms with Crippen molar-refractivity contribution >= 4 is 19.7 Å². The van der Waals surface area contributed by atoms with Crippen molar-refractivity contribution in [2.45, 2.75) is 21.6 Å². The quantitative estimate of drug-likeness (QED) is 0.570. The molecule has 0 saturated heterocycles. The van der Waals surface area contributed by atoms with E-state index in [4.69, 9.17) is 0 Å². The van der Waals surface area contributed by atoms with Crippen molar-refractivity contribution in [3.8, 4) is 0 Å². The number of benzene rings is 3. The van der Waals surface area contributed by atoms with Gasteiger partial charge in [0.05, 0.1) is 19.6 Å². The Morgan fingerprint density at radius 3 is 1.07 bits per heavy atom. The van der Waals surface area contributed by atoms with E-state index in [1.165, 1.54) is 12.1 Å². The Morgan fingerprint density at radius 1 is 0.464 bits per heavy atom. The van der Waals surface area contributed by atoms with Crippen LogP contribution in [-0.4, -0.2) is 16.8 Å². The maximum atomic E-state index is 13.6. The van der Waals surface area contributed by atoms with Crippen molar-refractivity contribution in [1.82, 2.24) is 0 Å². The van der Waals surface area contributed by atoms with Crippen LogP contribution < -0.4 is 0 Å². The van der Waals surface area contributed by atoms with E-state index in [2.05, 4.69) is 0 Å². The van der Waals surface area contributed by atoms with Crippen LogP contribution in [0.2, 0.25) is 0 Å². The lowest BCUT2D eigenvalue weighted by Gasteiger charge is -2.44. The van der Waals surface area contributed by atoms with Gasteiger partial charge in [-0.15, -0.1) is 0 Å². The molecule has 138 valence electrons. The number of rotatable bonds is 0. The van der Waals surface area contributed by atoms with Crippen LogP contribution in [0.15, 0.2) is 92.4 Å². The zero-order valence-electron chi connectivity index (χ0n) is 14.5. The van der Waals surface area contributed by atoms with Gasteiger partial charge in [0.1, 0.15) is 0 Å². The molecular weight excluding hydrogens is 392 g/mol. The maximum Gasteiger partial charge on any atom is 0.206 e. The van der Waals surface area contributed by atoms with Gasteiger partial charge < -0.3 is 0 Å². The Morgan fingerprint density at radius 2 is 0.750 bits per heavy atom. The van der Waals surface area contributed by atoms with Gasteiger partial charge in [-0.05, 0) is 34.4 Å². The first-order valence-electron chi connectivity index (χ1n) is 8.95. The van der Waals surface area contributed by atoms with Crippen molar-refractivity contribution < 1.29 is 16.8 Å². The Kier molecular flexibility index (Phi) is 2.91. The first kappa shape index (κ1) is 16.3. The zero-order valence-corrected chi connectivity index (χ0v) is 16.2. The standard InChI is InChI=1S/C22H14O4S2/c23-27(24)17-11-5-6-12-18(17)28(25,26)22-20-14-8-2-1-7-13(14)19(21(22)27)15-9-3-4-10-16(15)20/h1-12,19-20H. The molecule has 0 radical (unpaired) electrons. The van der Waals surface area contributed by atoms with Crippen LogP contribution in [0.25, 0.3) is 0 Å². The Labute approximate surface area is 163 Å². The van der Waals surface area contributed by atoms with Crippen molar-refractivity contribution in [1.29, 1.82) is 0 Å². The van der Waals surface area contributed by atoms with Gasteiger partial charge in [0.2, 0.25) is 19.7 Å². The normalized spacial score (nSPS) is 24.7. The van der Waals surface area contributed by atoms with Crippen LogP contribution in [0.1, 0.15) is 34.1 Å². The summed E-state index contributed by atoms with van der Waals surface area (Å²) in [6.07, 6.45) is 0. The average molecular weight is 406 g/mol. The molecule has 0 spiro atoms. The largest absolute Gasteiger partial charge is 0.219 e. The molecule has 0 saturated carbocycles. The van der Waals surface area contributed by atoms with E-state index in [0.29, 0.717) is 0 Å². The molecule has 0 N–H and O–H groups in total. The molecular formula is C22H14O4S2. The minimum Gasteiger partial charge on any atom is -0.219 e.